The van der Waals surface area contributed by atoms with Gasteiger partial charge in [-0.3, -0.25) is 4.57 Å². The first-order chi connectivity index (χ1) is 12.6. The number of halogens is 1. The molecule has 130 valence electrons. The van der Waals surface area contributed by atoms with E-state index in [1.807, 2.05) is 18.2 Å². The minimum atomic E-state index is -0.495. The molecular formula is C17H13ClN6O2. The van der Waals surface area contributed by atoms with E-state index in [9.17, 15) is 4.79 Å². The van der Waals surface area contributed by atoms with Crippen LogP contribution in [0.25, 0.3) is 11.1 Å². The number of hydrogen-bond donors (Lipinski definition) is 2. The summed E-state index contributed by atoms with van der Waals surface area (Å²) in [5.41, 5.74) is 7.57. The van der Waals surface area contributed by atoms with Crippen LogP contribution in [0, 0.1) is 0 Å². The van der Waals surface area contributed by atoms with Crippen LogP contribution in [-0.4, -0.2) is 19.5 Å². The van der Waals surface area contributed by atoms with Crippen LogP contribution in [0.3, 0.4) is 0 Å². The Labute approximate surface area is 152 Å². The van der Waals surface area contributed by atoms with Crippen LogP contribution in [0.15, 0.2) is 57.7 Å². The Bertz CT molecular complexity index is 1150. The van der Waals surface area contributed by atoms with Gasteiger partial charge in [0.05, 0.1) is 22.8 Å². The lowest BCUT2D eigenvalue weighted by atomic mass is 10.3. The molecule has 26 heavy (non-hydrogen) atoms. The predicted octanol–water partition coefficient (Wildman–Crippen LogP) is 2.81. The van der Waals surface area contributed by atoms with Crippen molar-refractivity contribution < 1.29 is 4.42 Å². The molecule has 0 aliphatic carbocycles. The molecule has 3 N–H and O–H groups in total. The molecule has 2 heterocycles. The van der Waals surface area contributed by atoms with Gasteiger partial charge in [0.15, 0.2) is 11.4 Å². The largest absolute Gasteiger partial charge is 0.420 e. The molecule has 9 heteroatoms. The fourth-order valence-electron chi connectivity index (χ4n) is 2.55. The maximum Gasteiger partial charge on any atom is 0.420 e. The molecule has 0 saturated carbocycles. The van der Waals surface area contributed by atoms with Crippen molar-refractivity contribution in [1.82, 2.24) is 19.5 Å². The Morgan fingerprint density at radius 2 is 1.85 bits per heavy atom. The molecule has 0 fully saturated rings. The highest BCUT2D eigenvalue weighted by molar-refractivity contribution is 6.33. The van der Waals surface area contributed by atoms with E-state index in [-0.39, 0.29) is 18.4 Å². The van der Waals surface area contributed by atoms with Crippen LogP contribution >= 0.6 is 11.6 Å². The van der Waals surface area contributed by atoms with Crippen molar-refractivity contribution in [1.29, 1.82) is 0 Å². The predicted molar refractivity (Wildman–Crippen MR) is 98.6 cm³/mol. The Morgan fingerprint density at radius 1 is 1.08 bits per heavy atom. The van der Waals surface area contributed by atoms with E-state index in [1.165, 1.54) is 4.57 Å². The molecule has 4 aromatic rings. The Kier molecular flexibility index (Phi) is 4.02. The minimum Gasteiger partial charge on any atom is -0.408 e. The molecule has 4 rings (SSSR count). The van der Waals surface area contributed by atoms with Crippen LogP contribution < -0.4 is 16.8 Å². The van der Waals surface area contributed by atoms with Gasteiger partial charge in [-0.05, 0) is 24.3 Å². The van der Waals surface area contributed by atoms with Crippen molar-refractivity contribution in [2.45, 2.75) is 6.54 Å². The summed E-state index contributed by atoms with van der Waals surface area (Å²) in [6.07, 6.45) is 0. The molecule has 8 nitrogen and oxygen atoms in total. The van der Waals surface area contributed by atoms with Gasteiger partial charge in [0.25, 0.3) is 0 Å². The Hall–Kier alpha value is -3.39. The summed E-state index contributed by atoms with van der Waals surface area (Å²) in [4.78, 5) is 24.6. The number of oxazole rings is 1. The van der Waals surface area contributed by atoms with E-state index >= 15 is 0 Å². The maximum absolute atomic E-state index is 12.1. The number of hydrogen-bond acceptors (Lipinski definition) is 7. The number of anilines is 3. The Balaban J connectivity index is 1.69. The van der Waals surface area contributed by atoms with E-state index in [0.717, 1.165) is 0 Å². The average Bonchev–Trinajstić information content (AvgIpc) is 2.92. The fraction of sp³-hybridized carbons (Fsp3) is 0.0588. The number of nitrogens with two attached hydrogens (primary N) is 1. The first-order valence-electron chi connectivity index (χ1n) is 7.70. The molecule has 0 atom stereocenters. The van der Waals surface area contributed by atoms with Gasteiger partial charge in [-0.1, -0.05) is 35.9 Å². The minimum absolute atomic E-state index is 0.0328. The number of nitrogens with one attached hydrogen (secondary N) is 1. The third kappa shape index (κ3) is 3.09. The average molecular weight is 369 g/mol. The zero-order chi connectivity index (χ0) is 18.1. The molecule has 0 aliphatic rings. The highest BCUT2D eigenvalue weighted by Crippen LogP contribution is 2.23. The highest BCUT2D eigenvalue weighted by atomic mass is 35.5. The third-order valence-corrected chi connectivity index (χ3v) is 4.02. The Morgan fingerprint density at radius 3 is 2.69 bits per heavy atom. The van der Waals surface area contributed by atoms with Crippen LogP contribution in [0.4, 0.5) is 17.6 Å². The molecule has 2 aromatic heterocycles. The smallest absolute Gasteiger partial charge is 0.408 e. The molecule has 0 bridgehead atoms. The van der Waals surface area contributed by atoms with Crippen LogP contribution in [0.2, 0.25) is 5.02 Å². The first kappa shape index (κ1) is 16.1. The monoisotopic (exact) mass is 368 g/mol. The molecule has 0 aliphatic heterocycles. The van der Waals surface area contributed by atoms with Crippen molar-refractivity contribution in [3.8, 4) is 0 Å². The second kappa shape index (κ2) is 6.49. The molecular weight excluding hydrogens is 356 g/mol. The zero-order valence-corrected chi connectivity index (χ0v) is 14.1. The van der Waals surface area contributed by atoms with Gasteiger partial charge in [-0.15, -0.1) is 0 Å². The molecule has 0 saturated heterocycles. The summed E-state index contributed by atoms with van der Waals surface area (Å²) in [6, 6.07) is 14.3. The van der Waals surface area contributed by atoms with Gasteiger partial charge in [0, 0.05) is 0 Å². The number of benzene rings is 2. The first-order valence-corrected chi connectivity index (χ1v) is 8.08. The third-order valence-electron chi connectivity index (χ3n) is 3.69. The number of para-hydroxylation sites is 3. The lowest BCUT2D eigenvalue weighted by Gasteiger charge is -2.08. The topological polar surface area (TPSA) is 112 Å². The number of nitrogen functional groups attached to an aromatic ring is 1. The van der Waals surface area contributed by atoms with Gasteiger partial charge >= 0.3 is 5.76 Å². The molecule has 0 radical (unpaired) electrons. The van der Waals surface area contributed by atoms with Crippen molar-refractivity contribution >= 4 is 40.3 Å². The van der Waals surface area contributed by atoms with Crippen molar-refractivity contribution in [2.75, 3.05) is 11.1 Å². The van der Waals surface area contributed by atoms with Crippen LogP contribution in [0.1, 0.15) is 5.82 Å². The molecule has 0 amide bonds. The van der Waals surface area contributed by atoms with Crippen molar-refractivity contribution in [3.05, 3.63) is 69.9 Å². The van der Waals surface area contributed by atoms with E-state index in [2.05, 4.69) is 20.3 Å². The van der Waals surface area contributed by atoms with Crippen molar-refractivity contribution in [2.24, 2.45) is 0 Å². The number of fused-ring (bicyclic) bond motifs is 1. The second-order valence-corrected chi connectivity index (χ2v) is 5.87. The summed E-state index contributed by atoms with van der Waals surface area (Å²) in [5.74, 6) is 0.0957. The lowest BCUT2D eigenvalue weighted by molar-refractivity contribution is 0.514. The summed E-state index contributed by atoms with van der Waals surface area (Å²) >= 11 is 6.13. The number of aromatic nitrogens is 4. The van der Waals surface area contributed by atoms with Crippen LogP contribution in [-0.2, 0) is 6.54 Å². The fourth-order valence-corrected chi connectivity index (χ4v) is 2.74. The standard InChI is InChI=1S/C17H13ClN6O2/c18-10-5-1-2-6-11(10)20-16-22-14(21-15(19)23-16)9-24-12-7-3-4-8-13(12)26-17(24)25/h1-8H,9H2,(H3,19,20,21,22,23). The van der Waals surface area contributed by atoms with Gasteiger partial charge in [-0.25, -0.2) is 4.79 Å². The van der Waals surface area contributed by atoms with E-state index in [0.29, 0.717) is 27.6 Å². The summed E-state index contributed by atoms with van der Waals surface area (Å²) in [7, 11) is 0. The number of nitrogens with zero attached hydrogens (tertiary/aromatic N) is 4. The van der Waals surface area contributed by atoms with E-state index in [4.69, 9.17) is 21.8 Å². The van der Waals surface area contributed by atoms with Gasteiger partial charge in [0.2, 0.25) is 11.9 Å². The van der Waals surface area contributed by atoms with Gasteiger partial charge in [0.1, 0.15) is 0 Å². The summed E-state index contributed by atoms with van der Waals surface area (Å²) in [6.45, 7) is 0.0970. The van der Waals surface area contributed by atoms with Gasteiger partial charge < -0.3 is 15.5 Å². The lowest BCUT2D eigenvalue weighted by Crippen LogP contribution is -2.18. The summed E-state index contributed by atoms with van der Waals surface area (Å²) in [5, 5.41) is 3.52. The zero-order valence-electron chi connectivity index (χ0n) is 13.4. The van der Waals surface area contributed by atoms with E-state index < -0.39 is 5.76 Å². The second-order valence-electron chi connectivity index (χ2n) is 5.46. The SMILES string of the molecule is Nc1nc(Cn2c(=O)oc3ccccc32)nc(Nc2ccccc2Cl)n1. The normalized spacial score (nSPS) is 11.0. The highest BCUT2D eigenvalue weighted by Gasteiger charge is 2.12. The van der Waals surface area contributed by atoms with Crippen molar-refractivity contribution in [3.63, 3.8) is 0 Å². The molecule has 0 spiro atoms. The number of rotatable bonds is 4. The van der Waals surface area contributed by atoms with Gasteiger partial charge in [-0.2, -0.15) is 15.0 Å². The molecule has 2 aromatic carbocycles. The molecule has 0 unspecified atom stereocenters. The van der Waals surface area contributed by atoms with E-state index in [1.54, 1.807) is 30.3 Å². The quantitative estimate of drug-likeness (QED) is 0.569. The van der Waals surface area contributed by atoms with Crippen LogP contribution in [0.5, 0.6) is 0 Å². The summed E-state index contributed by atoms with van der Waals surface area (Å²) < 4.78 is 6.65. The maximum atomic E-state index is 12.1.